The number of para-hydroxylation sites is 2. The predicted molar refractivity (Wildman–Crippen MR) is 83.8 cm³/mol. The van der Waals surface area contributed by atoms with Gasteiger partial charge in [-0.2, -0.15) is 0 Å². The second kappa shape index (κ2) is 13.8. The highest BCUT2D eigenvalue weighted by molar-refractivity contribution is 5.68. The van der Waals surface area contributed by atoms with Crippen molar-refractivity contribution >= 4 is 5.97 Å². The number of aliphatic carboxylic acids is 1. The van der Waals surface area contributed by atoms with Crippen LogP contribution in [0.2, 0.25) is 0 Å². The minimum Gasteiger partial charge on any atom is -0.493 e. The van der Waals surface area contributed by atoms with Gasteiger partial charge in [0.1, 0.15) is 0 Å². The third-order valence-electron chi connectivity index (χ3n) is 2.67. The van der Waals surface area contributed by atoms with Gasteiger partial charge < -0.3 is 29.9 Å². The van der Waals surface area contributed by atoms with Crippen LogP contribution in [0.3, 0.4) is 0 Å². The molecule has 1 aromatic carbocycles. The molecule has 1 rings (SSSR count). The standard InChI is InChI=1S/C9H10O4.C6H15NO3/c1-12-7-4-2-3-5-8(7)13-6-9(10)11;8-4-1-7(2-5-9)3-6-10/h2-5H,6H2,1H3,(H,10,11);8-10H,1-6H2. The zero-order chi connectivity index (χ0) is 17.5. The molecule has 4 N–H and O–H groups in total. The Hall–Kier alpha value is -1.87. The van der Waals surface area contributed by atoms with Crippen molar-refractivity contribution in [2.45, 2.75) is 0 Å². The Bertz CT molecular complexity index is 414. The van der Waals surface area contributed by atoms with Gasteiger partial charge in [-0.25, -0.2) is 4.79 Å². The summed E-state index contributed by atoms with van der Waals surface area (Å²) < 4.78 is 9.92. The molecule has 0 saturated heterocycles. The third kappa shape index (κ3) is 10.5. The number of carboxylic acids is 1. The number of carboxylic acid groups (broad SMARTS) is 1. The first-order chi connectivity index (χ1) is 11.1. The van der Waals surface area contributed by atoms with Gasteiger partial charge in [-0.1, -0.05) is 12.1 Å². The van der Waals surface area contributed by atoms with Crippen molar-refractivity contribution in [3.63, 3.8) is 0 Å². The van der Waals surface area contributed by atoms with Crippen molar-refractivity contribution in [3.8, 4) is 11.5 Å². The lowest BCUT2D eigenvalue weighted by molar-refractivity contribution is -0.139. The highest BCUT2D eigenvalue weighted by atomic mass is 16.5. The Morgan fingerprint density at radius 3 is 1.87 bits per heavy atom. The van der Waals surface area contributed by atoms with Gasteiger partial charge in [-0.3, -0.25) is 4.90 Å². The SMILES string of the molecule is COc1ccccc1OCC(=O)O.OCCN(CCO)CCO. The Labute approximate surface area is 135 Å². The van der Waals surface area contributed by atoms with E-state index in [-0.39, 0.29) is 26.4 Å². The lowest BCUT2D eigenvalue weighted by Crippen LogP contribution is -2.32. The molecule has 0 aromatic heterocycles. The molecule has 23 heavy (non-hydrogen) atoms. The molecule has 0 unspecified atom stereocenters. The molecule has 0 aliphatic heterocycles. The summed E-state index contributed by atoms with van der Waals surface area (Å²) in [4.78, 5) is 12.0. The fourth-order valence-electron chi connectivity index (χ4n) is 1.64. The van der Waals surface area contributed by atoms with Gasteiger partial charge >= 0.3 is 5.97 Å². The molecule has 132 valence electrons. The molecule has 8 nitrogen and oxygen atoms in total. The van der Waals surface area contributed by atoms with Crippen LogP contribution in [0.25, 0.3) is 0 Å². The largest absolute Gasteiger partial charge is 0.493 e. The summed E-state index contributed by atoms with van der Waals surface area (Å²) in [6.07, 6.45) is 0. The maximum Gasteiger partial charge on any atom is 0.341 e. The van der Waals surface area contributed by atoms with Crippen LogP contribution in [-0.4, -0.2) is 84.5 Å². The minimum absolute atomic E-state index is 0.0694. The van der Waals surface area contributed by atoms with Crippen molar-refractivity contribution in [3.05, 3.63) is 24.3 Å². The van der Waals surface area contributed by atoms with E-state index in [1.165, 1.54) is 7.11 Å². The molecule has 0 aliphatic rings. The first-order valence-electron chi connectivity index (χ1n) is 7.11. The topological polar surface area (TPSA) is 120 Å². The molecular formula is C15H25NO7. The monoisotopic (exact) mass is 331 g/mol. The summed E-state index contributed by atoms with van der Waals surface area (Å²) in [7, 11) is 1.50. The number of ether oxygens (including phenoxy) is 2. The fraction of sp³-hybridized carbons (Fsp3) is 0.533. The highest BCUT2D eigenvalue weighted by Crippen LogP contribution is 2.25. The van der Waals surface area contributed by atoms with Gasteiger partial charge in [0.25, 0.3) is 0 Å². The van der Waals surface area contributed by atoms with Gasteiger partial charge in [-0.05, 0) is 12.1 Å². The van der Waals surface area contributed by atoms with Crippen LogP contribution in [0, 0.1) is 0 Å². The summed E-state index contributed by atoms with van der Waals surface area (Å²) in [6.45, 7) is 1.39. The number of benzene rings is 1. The van der Waals surface area contributed by atoms with Gasteiger partial charge in [0.2, 0.25) is 0 Å². The third-order valence-corrected chi connectivity index (χ3v) is 2.67. The van der Waals surface area contributed by atoms with E-state index < -0.39 is 5.97 Å². The molecular weight excluding hydrogens is 306 g/mol. The van der Waals surface area contributed by atoms with Crippen molar-refractivity contribution in [2.24, 2.45) is 0 Å². The zero-order valence-electron chi connectivity index (χ0n) is 13.2. The van der Waals surface area contributed by atoms with E-state index >= 15 is 0 Å². The van der Waals surface area contributed by atoms with Crippen LogP contribution >= 0.6 is 0 Å². The van der Waals surface area contributed by atoms with Crippen molar-refractivity contribution in [2.75, 3.05) is 53.2 Å². The van der Waals surface area contributed by atoms with E-state index in [4.69, 9.17) is 29.9 Å². The molecule has 0 fully saturated rings. The molecule has 8 heteroatoms. The summed E-state index contributed by atoms with van der Waals surface area (Å²) in [5, 5.41) is 33.8. The molecule has 0 saturated carbocycles. The lowest BCUT2D eigenvalue weighted by Gasteiger charge is -2.17. The fourth-order valence-corrected chi connectivity index (χ4v) is 1.64. The minimum atomic E-state index is -1.01. The molecule has 0 radical (unpaired) electrons. The molecule has 0 amide bonds. The average molecular weight is 331 g/mol. The Morgan fingerprint density at radius 2 is 1.48 bits per heavy atom. The van der Waals surface area contributed by atoms with E-state index in [0.29, 0.717) is 31.1 Å². The molecule has 0 heterocycles. The normalized spacial score (nSPS) is 9.96. The molecule has 0 bridgehead atoms. The second-order valence-corrected chi connectivity index (χ2v) is 4.35. The number of hydrogen-bond acceptors (Lipinski definition) is 7. The quantitative estimate of drug-likeness (QED) is 0.450. The number of methoxy groups -OCH3 is 1. The molecule has 0 atom stereocenters. The highest BCUT2D eigenvalue weighted by Gasteiger charge is 2.04. The van der Waals surface area contributed by atoms with Crippen molar-refractivity contribution in [1.82, 2.24) is 4.90 Å². The van der Waals surface area contributed by atoms with E-state index in [2.05, 4.69) is 0 Å². The van der Waals surface area contributed by atoms with E-state index in [1.54, 1.807) is 29.2 Å². The molecule has 0 aliphatic carbocycles. The van der Waals surface area contributed by atoms with Gasteiger partial charge in [0.05, 0.1) is 26.9 Å². The number of hydrogen-bond donors (Lipinski definition) is 4. The van der Waals surface area contributed by atoms with Crippen LogP contribution in [0.15, 0.2) is 24.3 Å². The Morgan fingerprint density at radius 1 is 1.00 bits per heavy atom. The van der Waals surface area contributed by atoms with Gasteiger partial charge in [0.15, 0.2) is 18.1 Å². The van der Waals surface area contributed by atoms with Crippen LogP contribution < -0.4 is 9.47 Å². The van der Waals surface area contributed by atoms with Gasteiger partial charge in [0, 0.05) is 19.6 Å². The summed E-state index contributed by atoms with van der Waals surface area (Å²) in [6, 6.07) is 6.89. The zero-order valence-corrected chi connectivity index (χ0v) is 13.2. The van der Waals surface area contributed by atoms with Crippen LogP contribution in [0.5, 0.6) is 11.5 Å². The maximum atomic E-state index is 10.2. The first kappa shape index (κ1) is 21.1. The number of aliphatic hydroxyl groups is 3. The van der Waals surface area contributed by atoms with Gasteiger partial charge in [-0.15, -0.1) is 0 Å². The number of aliphatic hydroxyl groups excluding tert-OH is 3. The number of nitrogens with zero attached hydrogens (tertiary/aromatic N) is 1. The molecule has 0 spiro atoms. The smallest absolute Gasteiger partial charge is 0.341 e. The summed E-state index contributed by atoms with van der Waals surface area (Å²) in [5.74, 6) is -0.0398. The number of carbonyl (C=O) groups is 1. The number of rotatable bonds is 10. The summed E-state index contributed by atoms with van der Waals surface area (Å²) in [5.41, 5.74) is 0. The van der Waals surface area contributed by atoms with E-state index in [1.807, 2.05) is 0 Å². The van der Waals surface area contributed by atoms with Crippen molar-refractivity contribution < 1.29 is 34.7 Å². The Balaban J connectivity index is 0.000000438. The van der Waals surface area contributed by atoms with E-state index in [9.17, 15) is 4.79 Å². The first-order valence-corrected chi connectivity index (χ1v) is 7.11. The predicted octanol–water partition coefficient (Wildman–Crippen LogP) is -0.576. The van der Waals surface area contributed by atoms with Crippen LogP contribution in [0.1, 0.15) is 0 Å². The maximum absolute atomic E-state index is 10.2. The second-order valence-electron chi connectivity index (χ2n) is 4.35. The summed E-state index contributed by atoms with van der Waals surface area (Å²) >= 11 is 0. The van der Waals surface area contributed by atoms with E-state index in [0.717, 1.165) is 0 Å². The van der Waals surface area contributed by atoms with Crippen LogP contribution in [0.4, 0.5) is 0 Å². The lowest BCUT2D eigenvalue weighted by atomic mass is 10.3. The molecule has 1 aromatic rings. The average Bonchev–Trinajstić information content (AvgIpc) is 2.54. The Kier molecular flexibility index (Phi) is 12.7. The van der Waals surface area contributed by atoms with Crippen LogP contribution in [-0.2, 0) is 4.79 Å². The van der Waals surface area contributed by atoms with Crippen molar-refractivity contribution in [1.29, 1.82) is 0 Å².